The molecule has 2 aromatic carbocycles. The third-order valence-corrected chi connectivity index (χ3v) is 7.23. The molecule has 3 N–H and O–H groups in total. The van der Waals surface area contributed by atoms with E-state index in [0.29, 0.717) is 6.42 Å². The summed E-state index contributed by atoms with van der Waals surface area (Å²) in [7, 11) is 0. The van der Waals surface area contributed by atoms with Crippen LogP contribution in [0.5, 0.6) is 0 Å². The number of ether oxygens (including phenoxy) is 1. The van der Waals surface area contributed by atoms with Gasteiger partial charge in [-0.05, 0) is 54.4 Å². The third kappa shape index (κ3) is 5.50. The Morgan fingerprint density at radius 3 is 2.20 bits per heavy atom. The zero-order valence-electron chi connectivity index (χ0n) is 20.4. The van der Waals surface area contributed by atoms with Crippen molar-refractivity contribution in [2.24, 2.45) is 5.92 Å². The molecule has 2 atom stereocenters. The number of carboxylic acids is 1. The Kier molecular flexibility index (Phi) is 7.43. The summed E-state index contributed by atoms with van der Waals surface area (Å²) in [6.07, 6.45) is 3.18. The first-order chi connectivity index (χ1) is 16.8. The van der Waals surface area contributed by atoms with Crippen molar-refractivity contribution in [3.05, 3.63) is 59.7 Å². The van der Waals surface area contributed by atoms with E-state index in [1.165, 1.54) is 0 Å². The molecule has 2 aliphatic rings. The number of alkyl carbamates (subject to hydrolysis) is 1. The van der Waals surface area contributed by atoms with Crippen LogP contribution in [0.4, 0.5) is 4.79 Å². The number of rotatable bonds is 11. The van der Waals surface area contributed by atoms with Crippen LogP contribution in [-0.2, 0) is 14.3 Å². The Balaban J connectivity index is 1.42. The van der Waals surface area contributed by atoms with Gasteiger partial charge in [-0.3, -0.25) is 9.59 Å². The number of hydrogen-bond acceptors (Lipinski definition) is 4. The second kappa shape index (κ2) is 10.5. The average molecular weight is 479 g/mol. The summed E-state index contributed by atoms with van der Waals surface area (Å²) in [5.41, 5.74) is 3.39. The van der Waals surface area contributed by atoms with Gasteiger partial charge in [-0.2, -0.15) is 0 Å². The molecule has 7 nitrogen and oxygen atoms in total. The predicted octanol–water partition coefficient (Wildman–Crippen LogP) is 4.84. The van der Waals surface area contributed by atoms with Crippen molar-refractivity contribution in [3.8, 4) is 11.1 Å². The van der Waals surface area contributed by atoms with Gasteiger partial charge in [0.05, 0.1) is 6.42 Å². The molecule has 186 valence electrons. The van der Waals surface area contributed by atoms with E-state index in [4.69, 9.17) is 4.74 Å². The molecule has 35 heavy (non-hydrogen) atoms. The predicted molar refractivity (Wildman–Crippen MR) is 133 cm³/mol. The van der Waals surface area contributed by atoms with E-state index in [1.807, 2.05) is 31.2 Å². The van der Waals surface area contributed by atoms with Crippen LogP contribution in [0.1, 0.15) is 69.4 Å². The topological polar surface area (TPSA) is 105 Å². The van der Waals surface area contributed by atoms with E-state index in [2.05, 4.69) is 34.9 Å². The highest BCUT2D eigenvalue weighted by molar-refractivity contribution is 5.91. The van der Waals surface area contributed by atoms with Gasteiger partial charge < -0.3 is 20.5 Å². The van der Waals surface area contributed by atoms with Gasteiger partial charge >= 0.3 is 12.1 Å². The summed E-state index contributed by atoms with van der Waals surface area (Å²) in [4.78, 5) is 37.4. The standard InChI is InChI=1S/C28H34N2O5/c1-3-4-9-19(16-25(31)32)29-26(33)28(2,18-14-15-18)30-27(34)35-17-24-22-12-7-5-10-20(22)21-11-6-8-13-23(21)24/h5-8,10-13,18-19,24H,3-4,9,14-17H2,1-2H3,(H,29,33)(H,30,34)(H,31,32). The molecule has 7 heteroatoms. The molecule has 0 bridgehead atoms. The van der Waals surface area contributed by atoms with Crippen LogP contribution in [0, 0.1) is 5.92 Å². The number of unbranched alkanes of at least 4 members (excludes halogenated alkanes) is 1. The largest absolute Gasteiger partial charge is 0.481 e. The molecule has 0 radical (unpaired) electrons. The molecule has 0 saturated heterocycles. The van der Waals surface area contributed by atoms with Crippen LogP contribution in [0.2, 0.25) is 0 Å². The fourth-order valence-electron chi connectivity index (χ4n) is 5.07. The second-order valence-corrected chi connectivity index (χ2v) is 9.84. The Labute approximate surface area is 206 Å². The van der Waals surface area contributed by atoms with E-state index >= 15 is 0 Å². The number of carbonyl (C=O) groups is 3. The number of fused-ring (bicyclic) bond motifs is 3. The first kappa shape index (κ1) is 24.8. The Morgan fingerprint density at radius 2 is 1.66 bits per heavy atom. The number of benzene rings is 2. The number of amides is 2. The zero-order valence-corrected chi connectivity index (χ0v) is 20.4. The van der Waals surface area contributed by atoms with Crippen LogP contribution in [-0.4, -0.2) is 41.3 Å². The highest BCUT2D eigenvalue weighted by Gasteiger charge is 2.49. The van der Waals surface area contributed by atoms with E-state index in [0.717, 1.165) is 47.9 Å². The van der Waals surface area contributed by atoms with Gasteiger partial charge in [0.25, 0.3) is 0 Å². The third-order valence-electron chi connectivity index (χ3n) is 7.23. The van der Waals surface area contributed by atoms with E-state index in [9.17, 15) is 19.5 Å². The number of hydrogen-bond donors (Lipinski definition) is 3. The van der Waals surface area contributed by atoms with Crippen molar-refractivity contribution in [1.29, 1.82) is 0 Å². The maximum Gasteiger partial charge on any atom is 0.408 e. The first-order valence-electron chi connectivity index (χ1n) is 12.5. The van der Waals surface area contributed by atoms with Gasteiger partial charge in [-0.15, -0.1) is 0 Å². The first-order valence-corrected chi connectivity index (χ1v) is 12.5. The SMILES string of the molecule is CCCCC(CC(=O)O)NC(=O)C(C)(NC(=O)OCC1c2ccccc2-c2ccccc21)C1CC1. The fourth-order valence-corrected chi connectivity index (χ4v) is 5.07. The molecule has 2 aliphatic carbocycles. The van der Waals surface area contributed by atoms with Crippen LogP contribution < -0.4 is 10.6 Å². The fraction of sp³-hybridized carbons (Fsp3) is 0.464. The van der Waals surface area contributed by atoms with Gasteiger partial charge in [-0.25, -0.2) is 4.79 Å². The summed E-state index contributed by atoms with van der Waals surface area (Å²) in [6.45, 7) is 3.89. The molecular weight excluding hydrogens is 444 g/mol. The summed E-state index contributed by atoms with van der Waals surface area (Å²) in [5.74, 6) is -1.37. The number of carbonyl (C=O) groups excluding carboxylic acids is 2. The van der Waals surface area contributed by atoms with Gasteiger partial charge in [0.1, 0.15) is 12.1 Å². The van der Waals surface area contributed by atoms with Crippen LogP contribution in [0.25, 0.3) is 11.1 Å². The summed E-state index contributed by atoms with van der Waals surface area (Å²) in [5, 5.41) is 14.9. The highest BCUT2D eigenvalue weighted by Crippen LogP contribution is 2.44. The van der Waals surface area contributed by atoms with Crippen LogP contribution in [0.15, 0.2) is 48.5 Å². The zero-order chi connectivity index (χ0) is 25.0. The van der Waals surface area contributed by atoms with Crippen molar-refractivity contribution in [1.82, 2.24) is 10.6 Å². The monoisotopic (exact) mass is 478 g/mol. The summed E-state index contributed by atoms with van der Waals surface area (Å²) < 4.78 is 5.67. The quantitative estimate of drug-likeness (QED) is 0.429. The van der Waals surface area contributed by atoms with Crippen molar-refractivity contribution < 1.29 is 24.2 Å². The normalized spacial score (nSPS) is 17.0. The van der Waals surface area contributed by atoms with Crippen molar-refractivity contribution >= 4 is 18.0 Å². The maximum atomic E-state index is 13.3. The van der Waals surface area contributed by atoms with Gasteiger partial charge in [-0.1, -0.05) is 68.3 Å². The van der Waals surface area contributed by atoms with Crippen molar-refractivity contribution in [2.75, 3.05) is 6.61 Å². The minimum atomic E-state index is -1.15. The van der Waals surface area contributed by atoms with Gasteiger partial charge in [0.2, 0.25) is 5.91 Å². The second-order valence-electron chi connectivity index (χ2n) is 9.84. The molecule has 0 spiro atoms. The van der Waals surface area contributed by atoms with Crippen LogP contribution in [0.3, 0.4) is 0 Å². The minimum absolute atomic E-state index is 0.000337. The number of aliphatic carboxylic acids is 1. The van der Waals surface area contributed by atoms with Crippen molar-refractivity contribution in [3.63, 3.8) is 0 Å². The smallest absolute Gasteiger partial charge is 0.408 e. The molecule has 1 saturated carbocycles. The molecule has 4 rings (SSSR count). The molecular formula is C28H34N2O5. The summed E-state index contributed by atoms with van der Waals surface area (Å²) >= 11 is 0. The minimum Gasteiger partial charge on any atom is -0.481 e. The Hall–Kier alpha value is -3.35. The lowest BCUT2D eigenvalue weighted by atomic mass is 9.93. The lowest BCUT2D eigenvalue weighted by Crippen LogP contribution is -2.60. The lowest BCUT2D eigenvalue weighted by Gasteiger charge is -2.31. The van der Waals surface area contributed by atoms with E-state index < -0.39 is 23.6 Å². The van der Waals surface area contributed by atoms with Crippen molar-refractivity contribution in [2.45, 2.75) is 69.9 Å². The average Bonchev–Trinajstić information content (AvgIpc) is 3.64. The number of carboxylic acid groups (broad SMARTS) is 1. The molecule has 0 heterocycles. The lowest BCUT2D eigenvalue weighted by molar-refractivity contribution is -0.138. The van der Waals surface area contributed by atoms with Gasteiger partial charge in [0.15, 0.2) is 0 Å². The van der Waals surface area contributed by atoms with E-state index in [1.54, 1.807) is 6.92 Å². The van der Waals surface area contributed by atoms with E-state index in [-0.39, 0.29) is 30.8 Å². The molecule has 2 unspecified atom stereocenters. The molecule has 0 aromatic heterocycles. The summed E-state index contributed by atoms with van der Waals surface area (Å²) in [6, 6.07) is 15.8. The van der Waals surface area contributed by atoms with Crippen LogP contribution >= 0.6 is 0 Å². The number of nitrogens with one attached hydrogen (secondary N) is 2. The molecule has 2 amide bonds. The molecule has 2 aromatic rings. The molecule has 1 fully saturated rings. The Bertz CT molecular complexity index is 1050. The van der Waals surface area contributed by atoms with Gasteiger partial charge in [0, 0.05) is 12.0 Å². The highest BCUT2D eigenvalue weighted by atomic mass is 16.5. The Morgan fingerprint density at radius 1 is 1.06 bits per heavy atom. The molecule has 0 aliphatic heterocycles. The maximum absolute atomic E-state index is 13.3.